The number of carbonyl (C=O) groups is 2. The van der Waals surface area contributed by atoms with E-state index in [0.717, 1.165) is 5.56 Å². The van der Waals surface area contributed by atoms with E-state index < -0.39 is 32.5 Å². The van der Waals surface area contributed by atoms with Gasteiger partial charge in [0.15, 0.2) is 0 Å². The predicted octanol–water partition coefficient (Wildman–Crippen LogP) is 4.34. The predicted molar refractivity (Wildman–Crippen MR) is 161 cm³/mol. The fraction of sp³-hybridized carbons (Fsp3) is 0.516. The molecule has 1 heterocycles. The molecule has 0 bridgehead atoms. The van der Waals surface area contributed by atoms with E-state index in [-0.39, 0.29) is 48.0 Å². The average Bonchev–Trinajstić information content (AvgIpc) is 2.91. The van der Waals surface area contributed by atoms with Crippen molar-refractivity contribution in [3.8, 4) is 0 Å². The molecule has 2 atom stereocenters. The van der Waals surface area contributed by atoms with Gasteiger partial charge in [-0.2, -0.15) is 0 Å². The van der Waals surface area contributed by atoms with Crippen LogP contribution in [0.2, 0.25) is 0 Å². The molecule has 1 unspecified atom stereocenters. The van der Waals surface area contributed by atoms with E-state index in [1.54, 1.807) is 24.3 Å². The lowest BCUT2D eigenvalue weighted by Crippen LogP contribution is -2.63. The molecule has 2 aromatic carbocycles. The molecule has 1 saturated heterocycles. The first-order valence-electron chi connectivity index (χ1n) is 14.2. The molecule has 0 aromatic heterocycles. The smallest absolute Gasteiger partial charge is 0.308 e. The molecule has 3 rings (SSSR count). The molecule has 6 N–H and O–H groups in total. The summed E-state index contributed by atoms with van der Waals surface area (Å²) in [5, 5.41) is 17.5. The van der Waals surface area contributed by atoms with E-state index in [9.17, 15) is 23.1 Å². The zero-order chi connectivity index (χ0) is 30.9. The lowest BCUT2D eigenvalue weighted by molar-refractivity contribution is -0.146. The quantitative estimate of drug-likeness (QED) is 0.238. The summed E-state index contributed by atoms with van der Waals surface area (Å²) in [7, 11) is -4.56. The Morgan fingerprint density at radius 3 is 2.12 bits per heavy atom. The standard InChI is InChI=1S/C31H44N4O5S/c1-18(2)24-14-25(19(3)4)27(26(15-24)20(5)6)41(39,40)31(34,16-21-9-7-10-22(13-21)28(32)33)30(38)35-12-8-11-23(17-35)29(36)37/h7,9-10,13-15,18-20,23H,8,11-12,16-17,34H2,1-6H3,(H3,32,33)(H,36,37)/t23?,31-/m1/s1. The number of amidine groups is 1. The van der Waals surface area contributed by atoms with E-state index >= 15 is 0 Å². The summed E-state index contributed by atoms with van der Waals surface area (Å²) in [5.74, 6) is -3.06. The molecule has 224 valence electrons. The third-order valence-corrected chi connectivity index (χ3v) is 10.2. The van der Waals surface area contributed by atoms with Gasteiger partial charge in [0.05, 0.1) is 10.8 Å². The van der Waals surface area contributed by atoms with E-state index in [1.165, 1.54) is 4.90 Å². The van der Waals surface area contributed by atoms with Crippen molar-refractivity contribution in [2.45, 2.75) is 88.3 Å². The maximum absolute atomic E-state index is 15.0. The van der Waals surface area contributed by atoms with Crippen LogP contribution in [0.1, 0.15) is 100.0 Å². The van der Waals surface area contributed by atoms with Crippen LogP contribution in [-0.2, 0) is 25.8 Å². The van der Waals surface area contributed by atoms with Gasteiger partial charge in [-0.1, -0.05) is 71.9 Å². The van der Waals surface area contributed by atoms with Crippen molar-refractivity contribution in [3.63, 3.8) is 0 Å². The minimum absolute atomic E-state index is 0.0669. The molecule has 1 aliphatic rings. The number of piperidine rings is 1. The van der Waals surface area contributed by atoms with Crippen LogP contribution >= 0.6 is 0 Å². The number of likely N-dealkylation sites (tertiary alicyclic amines) is 1. The molecule has 0 saturated carbocycles. The second-order valence-corrected chi connectivity index (χ2v) is 14.2. The summed E-state index contributed by atoms with van der Waals surface area (Å²) < 4.78 is 29.9. The first-order valence-corrected chi connectivity index (χ1v) is 15.7. The van der Waals surface area contributed by atoms with Crippen molar-refractivity contribution < 1.29 is 23.1 Å². The maximum atomic E-state index is 15.0. The molecule has 0 radical (unpaired) electrons. The van der Waals surface area contributed by atoms with Gasteiger partial charge in [-0.05, 0) is 58.9 Å². The van der Waals surface area contributed by atoms with Crippen molar-refractivity contribution in [2.24, 2.45) is 17.4 Å². The number of rotatable bonds is 10. The van der Waals surface area contributed by atoms with Crippen LogP contribution in [0.4, 0.5) is 0 Å². The Morgan fingerprint density at radius 2 is 1.63 bits per heavy atom. The van der Waals surface area contributed by atoms with Crippen LogP contribution < -0.4 is 11.5 Å². The van der Waals surface area contributed by atoms with E-state index in [2.05, 4.69) is 0 Å². The number of hydrogen-bond donors (Lipinski definition) is 4. The van der Waals surface area contributed by atoms with Crippen LogP contribution in [0, 0.1) is 11.3 Å². The van der Waals surface area contributed by atoms with Crippen molar-refractivity contribution in [1.29, 1.82) is 5.41 Å². The number of hydrogen-bond acceptors (Lipinski definition) is 6. The van der Waals surface area contributed by atoms with Gasteiger partial charge < -0.3 is 21.5 Å². The van der Waals surface area contributed by atoms with Crippen molar-refractivity contribution in [3.05, 3.63) is 64.2 Å². The molecule has 10 heteroatoms. The van der Waals surface area contributed by atoms with Crippen LogP contribution in [-0.4, -0.2) is 54.1 Å². The molecular weight excluding hydrogens is 540 g/mol. The zero-order valence-corrected chi connectivity index (χ0v) is 25.7. The van der Waals surface area contributed by atoms with Crippen LogP contribution in [0.25, 0.3) is 0 Å². The summed E-state index contributed by atoms with van der Waals surface area (Å²) in [6, 6.07) is 10.3. The Kier molecular flexibility index (Phi) is 9.70. The van der Waals surface area contributed by atoms with Gasteiger partial charge in [0.25, 0.3) is 5.91 Å². The van der Waals surface area contributed by atoms with Gasteiger partial charge >= 0.3 is 5.97 Å². The topological polar surface area (TPSA) is 168 Å². The second-order valence-electron chi connectivity index (χ2n) is 12.1. The monoisotopic (exact) mass is 584 g/mol. The van der Waals surface area contributed by atoms with E-state index in [1.807, 2.05) is 53.7 Å². The highest BCUT2D eigenvalue weighted by molar-refractivity contribution is 7.93. The van der Waals surface area contributed by atoms with Gasteiger partial charge in [0.1, 0.15) is 5.84 Å². The fourth-order valence-corrected chi connectivity index (χ4v) is 7.74. The Bertz CT molecular complexity index is 1400. The number of carbonyl (C=O) groups excluding carboxylic acids is 1. The third-order valence-electron chi connectivity index (χ3n) is 7.95. The van der Waals surface area contributed by atoms with Crippen molar-refractivity contribution >= 4 is 27.5 Å². The Morgan fingerprint density at radius 1 is 1.05 bits per heavy atom. The average molecular weight is 585 g/mol. The lowest BCUT2D eigenvalue weighted by Gasteiger charge is -2.38. The summed E-state index contributed by atoms with van der Waals surface area (Å²) >= 11 is 0. The number of amides is 1. The molecule has 2 aromatic rings. The highest BCUT2D eigenvalue weighted by atomic mass is 32.2. The number of benzene rings is 2. The second kappa shape index (κ2) is 12.3. The normalized spacial score (nSPS) is 17.6. The van der Waals surface area contributed by atoms with Crippen LogP contribution in [0.15, 0.2) is 41.3 Å². The Balaban J connectivity index is 2.32. The minimum atomic E-state index is -4.56. The van der Waals surface area contributed by atoms with Crippen molar-refractivity contribution in [1.82, 2.24) is 4.90 Å². The summed E-state index contributed by atoms with van der Waals surface area (Å²) in [6.07, 6.45) is 0.455. The molecule has 0 spiro atoms. The summed E-state index contributed by atoms with van der Waals surface area (Å²) in [4.78, 5) is 25.0. The molecule has 41 heavy (non-hydrogen) atoms. The maximum Gasteiger partial charge on any atom is 0.308 e. The number of carboxylic acid groups (broad SMARTS) is 1. The number of aliphatic carboxylic acids is 1. The number of nitrogens with two attached hydrogens (primary N) is 2. The van der Waals surface area contributed by atoms with Crippen LogP contribution in [0.5, 0.6) is 0 Å². The molecule has 1 amide bonds. The van der Waals surface area contributed by atoms with Gasteiger partial charge in [-0.25, -0.2) is 8.42 Å². The highest BCUT2D eigenvalue weighted by Gasteiger charge is 2.52. The molecule has 0 aliphatic carbocycles. The highest BCUT2D eigenvalue weighted by Crippen LogP contribution is 2.40. The zero-order valence-electron chi connectivity index (χ0n) is 24.9. The largest absolute Gasteiger partial charge is 0.481 e. The summed E-state index contributed by atoms with van der Waals surface area (Å²) in [5.41, 5.74) is 15.6. The summed E-state index contributed by atoms with van der Waals surface area (Å²) in [6.45, 7) is 11.9. The molecular formula is C31H44N4O5S. The van der Waals surface area contributed by atoms with Gasteiger partial charge in [0.2, 0.25) is 14.7 Å². The third kappa shape index (κ3) is 6.48. The first kappa shape index (κ1) is 32.3. The number of sulfone groups is 1. The van der Waals surface area contributed by atoms with Crippen LogP contribution in [0.3, 0.4) is 0 Å². The minimum Gasteiger partial charge on any atom is -0.481 e. The molecule has 9 nitrogen and oxygen atoms in total. The van der Waals surface area contributed by atoms with Crippen molar-refractivity contribution in [2.75, 3.05) is 13.1 Å². The number of nitrogens with zero attached hydrogens (tertiary/aromatic N) is 1. The van der Waals surface area contributed by atoms with E-state index in [0.29, 0.717) is 35.1 Å². The Hall–Kier alpha value is -3.24. The van der Waals surface area contributed by atoms with Gasteiger partial charge in [0, 0.05) is 25.1 Å². The fourth-order valence-electron chi connectivity index (χ4n) is 5.45. The van der Waals surface area contributed by atoms with E-state index in [4.69, 9.17) is 16.9 Å². The number of nitrogens with one attached hydrogen (secondary N) is 1. The van der Waals surface area contributed by atoms with Gasteiger partial charge in [-0.3, -0.25) is 15.0 Å². The molecule has 1 aliphatic heterocycles. The molecule has 1 fully saturated rings. The Labute approximate surface area is 243 Å². The number of nitrogen functional groups attached to an aromatic ring is 1. The lowest BCUT2D eigenvalue weighted by atomic mass is 9.89. The van der Waals surface area contributed by atoms with Gasteiger partial charge in [-0.15, -0.1) is 0 Å². The number of carboxylic acids is 1. The first-order chi connectivity index (χ1) is 19.0. The SMILES string of the molecule is CC(C)c1cc(C(C)C)c(S(=O)(=O)[C@](N)(Cc2cccc(C(=N)N)c2)C(=O)N2CCCC(C(=O)O)C2)c(C(C)C)c1.